The van der Waals surface area contributed by atoms with Gasteiger partial charge >= 0.3 is 0 Å². The van der Waals surface area contributed by atoms with E-state index in [4.69, 9.17) is 0 Å². The Kier molecular flexibility index (Phi) is 20.4. The van der Waals surface area contributed by atoms with Gasteiger partial charge in [-0.25, -0.2) is 0 Å². The Morgan fingerprint density at radius 1 is 0.291 bits per heavy atom. The molecule has 0 aliphatic rings. The summed E-state index contributed by atoms with van der Waals surface area (Å²) in [7, 11) is 0. The molecule has 0 amide bonds. The van der Waals surface area contributed by atoms with Crippen LogP contribution in [-0.4, -0.2) is 17.3 Å². The molecule has 0 bridgehead atoms. The first-order chi connectivity index (χ1) is 26.5. The van der Waals surface area contributed by atoms with Crippen LogP contribution < -0.4 is 0 Å². The van der Waals surface area contributed by atoms with E-state index in [0.29, 0.717) is 0 Å². The monoisotopic (exact) mass is 805 g/mol. The summed E-state index contributed by atoms with van der Waals surface area (Å²) in [5.74, 6) is -0.409. The average Bonchev–Trinajstić information content (AvgIpc) is 3.24. The number of carbonyl (C=O) groups is 3. The van der Waals surface area contributed by atoms with E-state index in [9.17, 15) is 14.4 Å². The van der Waals surface area contributed by atoms with Gasteiger partial charge in [-0.05, 0) is 16.7 Å². The van der Waals surface area contributed by atoms with Crippen molar-refractivity contribution in [2.24, 2.45) is 0 Å². The molecule has 6 aromatic rings. The normalized spacial score (nSPS) is 10.9. The maximum absolute atomic E-state index is 11.6. The summed E-state index contributed by atoms with van der Waals surface area (Å²) in [5, 5.41) is 0. The minimum Gasteiger partial charge on any atom is -0.319 e. The van der Waals surface area contributed by atoms with Crippen molar-refractivity contribution in [1.29, 1.82) is 0 Å². The largest absolute Gasteiger partial charge is 0.319 e. The average molecular weight is 806 g/mol. The molecular weight excluding hydrogens is 767 g/mol. The van der Waals surface area contributed by atoms with Crippen LogP contribution in [-0.2, 0) is 34.8 Å². The van der Waals surface area contributed by atoms with Crippen LogP contribution in [0.1, 0.15) is 33.4 Å². The molecule has 0 N–H and O–H groups in total. The summed E-state index contributed by atoms with van der Waals surface area (Å²) >= 11 is 0. The van der Waals surface area contributed by atoms with Crippen LogP contribution in [0.15, 0.2) is 200 Å². The summed E-state index contributed by atoms with van der Waals surface area (Å²) in [6, 6.07) is 58.1. The van der Waals surface area contributed by atoms with E-state index in [0.717, 1.165) is 33.4 Å². The van der Waals surface area contributed by atoms with Crippen molar-refractivity contribution >= 4 is 53.8 Å². The van der Waals surface area contributed by atoms with E-state index < -0.39 is 0 Å². The van der Waals surface area contributed by atoms with Crippen molar-refractivity contribution in [3.63, 3.8) is 0 Å². The fourth-order valence-corrected chi connectivity index (χ4v) is 4.46. The number of carbonyl (C=O) groups excluding carboxylic acids is 3. The molecule has 0 saturated heterocycles. The van der Waals surface area contributed by atoms with Crippen LogP contribution in [0.4, 0.5) is 0 Å². The molecule has 3 nitrogen and oxygen atoms in total. The number of rotatable bonds is 12. The van der Waals surface area contributed by atoms with Gasteiger partial charge in [0, 0.05) is 20.4 Å². The second kappa shape index (κ2) is 26.2. The van der Waals surface area contributed by atoms with Gasteiger partial charge in [-0.3, -0.25) is 0 Å². The summed E-state index contributed by atoms with van der Waals surface area (Å²) in [5.41, 5.74) is 5.93. The van der Waals surface area contributed by atoms with E-state index in [2.05, 4.69) is 18.2 Å². The van der Waals surface area contributed by atoms with E-state index in [1.54, 1.807) is 36.5 Å². The van der Waals surface area contributed by atoms with Gasteiger partial charge in [0.25, 0.3) is 0 Å². The van der Waals surface area contributed by atoms with Crippen molar-refractivity contribution in [2.75, 3.05) is 0 Å². The van der Waals surface area contributed by atoms with Gasteiger partial charge in [0.15, 0.2) is 0 Å². The number of allylic oxidation sites excluding steroid dienone is 6. The Labute approximate surface area is 338 Å². The van der Waals surface area contributed by atoms with Gasteiger partial charge in [0.2, 0.25) is 0 Å². The molecule has 6 rings (SSSR count). The standard InChI is InChI=1S/3C17H13O.Pd/c3*18-17(13-11-15-7-3-1-4-8-15)14-12-16-9-5-2-6-10-16;/h3*1-13H;/q3*-1;. The first kappa shape index (κ1) is 42.8. The number of hydrogen-bond donors (Lipinski definition) is 0. The Morgan fingerprint density at radius 2 is 0.473 bits per heavy atom. The molecular formula is C51H39O3Pd-3. The Hall–Kier alpha value is -6.57. The number of ketones is 3. The van der Waals surface area contributed by atoms with Crippen LogP contribution >= 0.6 is 0 Å². The summed E-state index contributed by atoms with van der Waals surface area (Å²) in [4.78, 5) is 34.7. The molecule has 0 spiro atoms. The third-order valence-electron chi connectivity index (χ3n) is 7.22. The van der Waals surface area contributed by atoms with E-state index >= 15 is 0 Å². The smallest absolute Gasteiger partial charge is 0.0684 e. The second-order valence-electron chi connectivity index (χ2n) is 11.4. The predicted octanol–water partition coefficient (Wildman–Crippen LogP) is 11.4. The van der Waals surface area contributed by atoms with Crippen molar-refractivity contribution < 1.29 is 34.8 Å². The van der Waals surface area contributed by atoms with Gasteiger partial charge < -0.3 is 14.4 Å². The van der Waals surface area contributed by atoms with Gasteiger partial charge in [-0.15, -0.1) is 108 Å². The molecule has 0 radical (unpaired) electrons. The number of benzene rings is 6. The summed E-state index contributed by atoms with van der Waals surface area (Å²) in [6.45, 7) is 0. The van der Waals surface area contributed by atoms with Crippen molar-refractivity contribution in [3.05, 3.63) is 252 Å². The zero-order valence-corrected chi connectivity index (χ0v) is 31.6. The van der Waals surface area contributed by atoms with Crippen molar-refractivity contribution in [2.45, 2.75) is 0 Å². The van der Waals surface area contributed by atoms with E-state index in [1.165, 1.54) is 18.2 Å². The van der Waals surface area contributed by atoms with Gasteiger partial charge in [0.1, 0.15) is 0 Å². The minimum atomic E-state index is -0.136. The van der Waals surface area contributed by atoms with Gasteiger partial charge in [-0.2, -0.15) is 18.2 Å². The van der Waals surface area contributed by atoms with Crippen LogP contribution in [0.3, 0.4) is 0 Å². The van der Waals surface area contributed by atoms with Crippen LogP contribution in [0.5, 0.6) is 0 Å². The Balaban J connectivity index is 0.000000220. The molecule has 0 heterocycles. The third kappa shape index (κ3) is 19.2. The topological polar surface area (TPSA) is 51.2 Å². The Bertz CT molecular complexity index is 1760. The first-order valence-corrected chi connectivity index (χ1v) is 17.3. The first-order valence-electron chi connectivity index (χ1n) is 17.3. The number of hydrogen-bond acceptors (Lipinski definition) is 3. The molecule has 55 heavy (non-hydrogen) atoms. The third-order valence-corrected chi connectivity index (χ3v) is 7.22. The molecule has 0 aromatic heterocycles. The second-order valence-corrected chi connectivity index (χ2v) is 11.4. The molecule has 0 fully saturated rings. The predicted molar refractivity (Wildman–Crippen MR) is 224 cm³/mol. The summed E-state index contributed by atoms with van der Waals surface area (Å²) in [6.07, 6.45) is 23.2. The Morgan fingerprint density at radius 3 is 0.673 bits per heavy atom. The SMILES string of the molecule is O=C([C-]=Cc1ccccc1)C=Cc1ccccc1.O=C([C-]=Cc1ccccc1)C=Cc1ccccc1.O=C([C-]=Cc1ccccc1)C=Cc1ccccc1.[Pd]. The van der Waals surface area contributed by atoms with Crippen molar-refractivity contribution in [3.8, 4) is 0 Å². The quantitative estimate of drug-likeness (QED) is 0.0703. The van der Waals surface area contributed by atoms with E-state index in [1.807, 2.05) is 182 Å². The molecule has 0 atom stereocenters. The zero-order chi connectivity index (χ0) is 37.9. The maximum atomic E-state index is 11.6. The van der Waals surface area contributed by atoms with Crippen LogP contribution in [0.2, 0.25) is 0 Å². The molecule has 4 heteroatoms. The van der Waals surface area contributed by atoms with Gasteiger partial charge in [-0.1, -0.05) is 146 Å². The van der Waals surface area contributed by atoms with Gasteiger partial charge in [0.05, 0.1) is 17.3 Å². The molecule has 0 unspecified atom stereocenters. The van der Waals surface area contributed by atoms with Crippen LogP contribution in [0, 0.1) is 18.2 Å². The molecule has 0 saturated carbocycles. The van der Waals surface area contributed by atoms with Crippen molar-refractivity contribution in [1.82, 2.24) is 0 Å². The van der Waals surface area contributed by atoms with E-state index in [-0.39, 0.29) is 37.8 Å². The molecule has 274 valence electrons. The molecule has 0 aliphatic carbocycles. The fourth-order valence-electron chi connectivity index (χ4n) is 4.46. The fraction of sp³-hybridized carbons (Fsp3) is 0. The summed E-state index contributed by atoms with van der Waals surface area (Å²) < 4.78 is 0. The van der Waals surface area contributed by atoms with Crippen LogP contribution in [0.25, 0.3) is 36.5 Å². The molecule has 0 aliphatic heterocycles. The zero-order valence-electron chi connectivity index (χ0n) is 30.1. The molecule has 6 aromatic carbocycles. The maximum Gasteiger partial charge on any atom is 0.0684 e. The minimum absolute atomic E-state index is 0.